The number of aromatic nitrogens is 1. The second kappa shape index (κ2) is 9.60. The molecule has 1 heterocycles. The number of hydrogen-bond donors (Lipinski definition) is 1. The van der Waals surface area contributed by atoms with Crippen LogP contribution in [0.25, 0.3) is 10.9 Å². The van der Waals surface area contributed by atoms with Crippen molar-refractivity contribution in [2.75, 3.05) is 13.2 Å². The third-order valence-electron chi connectivity index (χ3n) is 4.35. The lowest BCUT2D eigenvalue weighted by Gasteiger charge is -2.14. The first kappa shape index (κ1) is 20.9. The first-order valence-corrected chi connectivity index (χ1v) is 10.3. The highest BCUT2D eigenvalue weighted by Crippen LogP contribution is 2.36. The van der Waals surface area contributed by atoms with Gasteiger partial charge in [0.15, 0.2) is 11.5 Å². The van der Waals surface area contributed by atoms with Gasteiger partial charge in [-0.2, -0.15) is 5.10 Å². The zero-order chi connectivity index (χ0) is 20.8. The molecule has 29 heavy (non-hydrogen) atoms. The molecular formula is C22H24BrN3O3. The maximum Gasteiger partial charge on any atom is 0.287 e. The van der Waals surface area contributed by atoms with Crippen molar-refractivity contribution in [2.24, 2.45) is 12.1 Å². The summed E-state index contributed by atoms with van der Waals surface area (Å²) >= 11 is 3.53. The topological polar surface area (TPSA) is 64.8 Å². The highest BCUT2D eigenvalue weighted by Gasteiger charge is 2.13. The van der Waals surface area contributed by atoms with Gasteiger partial charge >= 0.3 is 0 Å². The minimum atomic E-state index is -0.271. The third-order valence-corrected chi connectivity index (χ3v) is 4.94. The van der Waals surface area contributed by atoms with Crippen LogP contribution < -0.4 is 14.9 Å². The number of nitrogens with zero attached hydrogens (tertiary/aromatic N) is 2. The minimum absolute atomic E-state index is 0.271. The molecule has 1 aromatic heterocycles. The smallest absolute Gasteiger partial charge is 0.287 e. The minimum Gasteiger partial charge on any atom is -0.490 e. The van der Waals surface area contributed by atoms with Gasteiger partial charge in [-0.3, -0.25) is 4.79 Å². The second-order valence-electron chi connectivity index (χ2n) is 6.46. The van der Waals surface area contributed by atoms with Crippen molar-refractivity contribution in [1.82, 2.24) is 9.99 Å². The fraction of sp³-hybridized carbons (Fsp3) is 0.273. The first-order valence-electron chi connectivity index (χ1n) is 9.52. The molecule has 6 nitrogen and oxygen atoms in total. The van der Waals surface area contributed by atoms with Crippen molar-refractivity contribution < 1.29 is 14.3 Å². The lowest BCUT2D eigenvalue weighted by molar-refractivity contribution is 0.0947. The molecule has 1 amide bonds. The number of amides is 1. The first-order chi connectivity index (χ1) is 14.0. The summed E-state index contributed by atoms with van der Waals surface area (Å²) in [4.78, 5) is 12.5. The standard InChI is InChI=1S/C22H24BrN3O3/c1-4-10-29-21-17(23)11-15(12-20(21)28-5-2)14-24-25-22(27)19-13-16-8-6-7-9-18(16)26(19)3/h6-9,11-14H,4-5,10H2,1-3H3,(H,25,27)/b24-14+. The molecule has 0 aliphatic carbocycles. The molecule has 0 atom stereocenters. The third kappa shape index (κ3) is 4.79. The van der Waals surface area contributed by atoms with Crippen LogP contribution in [0, 0.1) is 0 Å². The fourth-order valence-corrected chi connectivity index (χ4v) is 3.57. The number of hydrogen-bond acceptors (Lipinski definition) is 4. The van der Waals surface area contributed by atoms with Gasteiger partial charge in [-0.05, 0) is 59.1 Å². The SMILES string of the molecule is CCCOc1c(Br)cc(/C=N/NC(=O)c2cc3ccccc3n2C)cc1OCC. The van der Waals surface area contributed by atoms with Crippen LogP contribution in [0.15, 0.2) is 52.0 Å². The Bertz CT molecular complexity index is 1040. The Labute approximate surface area is 178 Å². The number of carbonyl (C=O) groups excluding carboxylic acids is 1. The molecule has 0 saturated carbocycles. The Morgan fingerprint density at radius 1 is 1.21 bits per heavy atom. The molecule has 0 aliphatic heterocycles. The normalized spacial score (nSPS) is 11.2. The van der Waals surface area contributed by atoms with E-state index in [0.717, 1.165) is 27.4 Å². The van der Waals surface area contributed by atoms with Crippen molar-refractivity contribution in [2.45, 2.75) is 20.3 Å². The van der Waals surface area contributed by atoms with Gasteiger partial charge in [-0.15, -0.1) is 0 Å². The van der Waals surface area contributed by atoms with Gasteiger partial charge < -0.3 is 14.0 Å². The number of benzene rings is 2. The van der Waals surface area contributed by atoms with Crippen LogP contribution in [0.1, 0.15) is 36.3 Å². The maximum atomic E-state index is 12.5. The van der Waals surface area contributed by atoms with Gasteiger partial charge in [0.25, 0.3) is 5.91 Å². The van der Waals surface area contributed by atoms with Crippen molar-refractivity contribution in [3.63, 3.8) is 0 Å². The van der Waals surface area contributed by atoms with Gasteiger partial charge in [0.1, 0.15) is 5.69 Å². The number of hydrazone groups is 1. The molecule has 0 spiro atoms. The number of rotatable bonds is 8. The van der Waals surface area contributed by atoms with Crippen molar-refractivity contribution in [3.8, 4) is 11.5 Å². The molecule has 0 fully saturated rings. The molecule has 1 N–H and O–H groups in total. The summed E-state index contributed by atoms with van der Waals surface area (Å²) in [6.07, 6.45) is 2.48. The predicted molar refractivity (Wildman–Crippen MR) is 119 cm³/mol. The van der Waals surface area contributed by atoms with Crippen LogP contribution in [0.4, 0.5) is 0 Å². The van der Waals surface area contributed by atoms with Gasteiger partial charge in [0.05, 0.1) is 23.9 Å². The highest BCUT2D eigenvalue weighted by atomic mass is 79.9. The number of aryl methyl sites for hydroxylation is 1. The van der Waals surface area contributed by atoms with E-state index >= 15 is 0 Å². The molecular weight excluding hydrogens is 434 g/mol. The zero-order valence-corrected chi connectivity index (χ0v) is 18.3. The highest BCUT2D eigenvalue weighted by molar-refractivity contribution is 9.10. The van der Waals surface area contributed by atoms with Crippen LogP contribution in [0.3, 0.4) is 0 Å². The summed E-state index contributed by atoms with van der Waals surface area (Å²) in [6.45, 7) is 5.09. The van der Waals surface area contributed by atoms with E-state index in [1.54, 1.807) is 6.21 Å². The van der Waals surface area contributed by atoms with E-state index in [-0.39, 0.29) is 5.91 Å². The van der Waals surface area contributed by atoms with Gasteiger partial charge in [0, 0.05) is 18.0 Å². The van der Waals surface area contributed by atoms with E-state index in [9.17, 15) is 4.79 Å². The van der Waals surface area contributed by atoms with E-state index in [2.05, 4.69) is 26.5 Å². The lowest BCUT2D eigenvalue weighted by Crippen LogP contribution is -2.20. The van der Waals surface area contributed by atoms with E-state index in [1.165, 1.54) is 0 Å². The van der Waals surface area contributed by atoms with E-state index in [0.29, 0.717) is 30.4 Å². The fourth-order valence-electron chi connectivity index (χ4n) is 3.00. The van der Waals surface area contributed by atoms with Crippen LogP contribution in [-0.2, 0) is 7.05 Å². The van der Waals surface area contributed by atoms with Gasteiger partial charge in [-0.1, -0.05) is 25.1 Å². The molecule has 0 aliphatic rings. The number of halogens is 1. The molecule has 3 aromatic rings. The maximum absolute atomic E-state index is 12.5. The van der Waals surface area contributed by atoms with Crippen molar-refractivity contribution in [1.29, 1.82) is 0 Å². The number of carbonyl (C=O) groups is 1. The largest absolute Gasteiger partial charge is 0.490 e. The average molecular weight is 458 g/mol. The van der Waals surface area contributed by atoms with E-state index in [1.807, 2.05) is 67.9 Å². The monoisotopic (exact) mass is 457 g/mol. The summed E-state index contributed by atoms with van der Waals surface area (Å²) in [5.74, 6) is 1.04. The molecule has 0 radical (unpaired) electrons. The van der Waals surface area contributed by atoms with Crippen LogP contribution in [0.5, 0.6) is 11.5 Å². The Kier molecular flexibility index (Phi) is 6.93. The van der Waals surface area contributed by atoms with Crippen molar-refractivity contribution >= 4 is 39.0 Å². The number of para-hydroxylation sites is 1. The molecule has 0 saturated heterocycles. The summed E-state index contributed by atoms with van der Waals surface area (Å²) < 4.78 is 14.1. The van der Waals surface area contributed by atoms with Crippen LogP contribution in [-0.4, -0.2) is 29.9 Å². The molecule has 0 unspecified atom stereocenters. The molecule has 152 valence electrons. The van der Waals surface area contributed by atoms with Crippen LogP contribution >= 0.6 is 15.9 Å². The van der Waals surface area contributed by atoms with Crippen LogP contribution in [0.2, 0.25) is 0 Å². The Hall–Kier alpha value is -2.80. The summed E-state index contributed by atoms with van der Waals surface area (Å²) in [5.41, 5.74) is 4.91. The summed E-state index contributed by atoms with van der Waals surface area (Å²) in [5, 5.41) is 5.12. The molecule has 0 bridgehead atoms. The van der Waals surface area contributed by atoms with E-state index < -0.39 is 0 Å². The quantitative estimate of drug-likeness (QED) is 0.386. The zero-order valence-electron chi connectivity index (χ0n) is 16.7. The predicted octanol–water partition coefficient (Wildman–Crippen LogP) is 4.89. The molecule has 7 heteroatoms. The van der Waals surface area contributed by atoms with Crippen molar-refractivity contribution in [3.05, 3.63) is 58.2 Å². The number of ether oxygens (including phenoxy) is 2. The van der Waals surface area contributed by atoms with E-state index in [4.69, 9.17) is 9.47 Å². The Morgan fingerprint density at radius 2 is 2.00 bits per heavy atom. The van der Waals surface area contributed by atoms with Gasteiger partial charge in [-0.25, -0.2) is 5.43 Å². The molecule has 3 rings (SSSR count). The summed E-state index contributed by atoms with van der Waals surface area (Å²) in [6, 6.07) is 13.4. The second-order valence-corrected chi connectivity index (χ2v) is 7.31. The number of fused-ring (bicyclic) bond motifs is 1. The Morgan fingerprint density at radius 3 is 2.72 bits per heavy atom. The lowest BCUT2D eigenvalue weighted by atomic mass is 10.2. The number of nitrogens with one attached hydrogen (secondary N) is 1. The molecule has 2 aromatic carbocycles. The summed E-state index contributed by atoms with van der Waals surface area (Å²) in [7, 11) is 1.86. The average Bonchev–Trinajstić information content (AvgIpc) is 3.05. The Balaban J connectivity index is 1.76. The van der Waals surface area contributed by atoms with Gasteiger partial charge in [0.2, 0.25) is 0 Å².